The smallest absolute Gasteiger partial charge is 0.289 e. The maximum absolute atomic E-state index is 8.65. The Labute approximate surface area is 113 Å². The predicted molar refractivity (Wildman–Crippen MR) is 52.4 cm³/mol. The van der Waals surface area contributed by atoms with Gasteiger partial charge in [-0.3, -0.25) is 0 Å². The molecule has 0 aliphatic carbocycles. The van der Waals surface area contributed by atoms with E-state index in [1.54, 1.807) is 0 Å². The summed E-state index contributed by atoms with van der Waals surface area (Å²) in [7, 11) is 1.99. The van der Waals surface area contributed by atoms with Gasteiger partial charge in [-0.1, -0.05) is 0 Å². The van der Waals surface area contributed by atoms with Crippen molar-refractivity contribution in [3.05, 3.63) is 48.8 Å². The SMILES string of the molecule is C[n+]1ccn(C[n+]2ccc(C#N)cc2)c1.[Cl-].[Cl-]. The lowest BCUT2D eigenvalue weighted by Gasteiger charge is -1.92. The molecule has 4 nitrogen and oxygen atoms in total. The van der Waals surface area contributed by atoms with Gasteiger partial charge in [0.2, 0.25) is 6.33 Å². The molecule has 17 heavy (non-hydrogen) atoms. The maximum Gasteiger partial charge on any atom is 0.289 e. The van der Waals surface area contributed by atoms with Crippen LogP contribution in [0.15, 0.2) is 43.2 Å². The fourth-order valence-electron chi connectivity index (χ4n) is 1.40. The summed E-state index contributed by atoms with van der Waals surface area (Å²) in [5, 5.41) is 8.65. The monoisotopic (exact) mass is 270 g/mol. The highest BCUT2D eigenvalue weighted by Crippen LogP contribution is 1.91. The molecular weight excluding hydrogens is 259 g/mol. The molecule has 0 aliphatic heterocycles. The first kappa shape index (κ1) is 15.4. The molecule has 0 amide bonds. The Morgan fingerprint density at radius 1 is 1.24 bits per heavy atom. The van der Waals surface area contributed by atoms with E-state index in [1.807, 2.05) is 59.4 Å². The van der Waals surface area contributed by atoms with Crippen molar-refractivity contribution in [2.75, 3.05) is 0 Å². The normalized spacial score (nSPS) is 8.71. The van der Waals surface area contributed by atoms with Gasteiger partial charge in [0, 0.05) is 12.1 Å². The summed E-state index contributed by atoms with van der Waals surface area (Å²) in [5.74, 6) is 0. The van der Waals surface area contributed by atoms with E-state index >= 15 is 0 Å². The summed E-state index contributed by atoms with van der Waals surface area (Å²) in [6, 6.07) is 5.72. The lowest BCUT2D eigenvalue weighted by molar-refractivity contribution is -0.707. The molecule has 0 aromatic carbocycles. The number of hydrogen-bond acceptors (Lipinski definition) is 1. The molecule has 2 aromatic heterocycles. The molecule has 2 aromatic rings. The van der Waals surface area contributed by atoms with Crippen molar-refractivity contribution in [3.63, 3.8) is 0 Å². The minimum Gasteiger partial charge on any atom is -1.00 e. The molecule has 0 saturated carbocycles. The number of hydrogen-bond donors (Lipinski definition) is 0. The third kappa shape index (κ3) is 4.06. The Kier molecular flexibility index (Phi) is 6.26. The number of halogens is 2. The van der Waals surface area contributed by atoms with Crippen LogP contribution in [-0.4, -0.2) is 4.57 Å². The molecule has 2 heterocycles. The summed E-state index contributed by atoms with van der Waals surface area (Å²) in [4.78, 5) is 0. The summed E-state index contributed by atoms with van der Waals surface area (Å²) in [6.45, 7) is 0.756. The van der Waals surface area contributed by atoms with Gasteiger partial charge in [-0.15, -0.1) is 0 Å². The van der Waals surface area contributed by atoms with Crippen molar-refractivity contribution >= 4 is 0 Å². The second-order valence-electron chi connectivity index (χ2n) is 3.45. The highest BCUT2D eigenvalue weighted by atomic mass is 35.5. The van der Waals surface area contributed by atoms with Crippen LogP contribution in [0.25, 0.3) is 0 Å². The van der Waals surface area contributed by atoms with E-state index in [4.69, 9.17) is 5.26 Å². The summed E-state index contributed by atoms with van der Waals surface area (Å²) >= 11 is 0. The zero-order valence-electron chi connectivity index (χ0n) is 9.29. The number of aromatic nitrogens is 3. The summed E-state index contributed by atoms with van der Waals surface area (Å²) < 4.78 is 6.07. The van der Waals surface area contributed by atoms with Crippen LogP contribution in [0, 0.1) is 11.3 Å². The van der Waals surface area contributed by atoms with Gasteiger partial charge in [0.25, 0.3) is 6.67 Å². The molecule has 0 N–H and O–H groups in total. The topological polar surface area (TPSA) is 36.5 Å². The van der Waals surface area contributed by atoms with Gasteiger partial charge in [-0.25, -0.2) is 4.57 Å². The number of imidazole rings is 1. The minimum atomic E-state index is 0. The average molecular weight is 271 g/mol. The highest BCUT2D eigenvalue weighted by Gasteiger charge is 2.06. The molecule has 6 heteroatoms. The molecule has 0 saturated heterocycles. The van der Waals surface area contributed by atoms with E-state index in [9.17, 15) is 0 Å². The molecule has 0 bridgehead atoms. The molecule has 2 rings (SSSR count). The van der Waals surface area contributed by atoms with Crippen molar-refractivity contribution in [1.82, 2.24) is 4.57 Å². The Bertz CT molecular complexity index is 499. The van der Waals surface area contributed by atoms with Crippen LogP contribution in [0.3, 0.4) is 0 Å². The van der Waals surface area contributed by atoms with Crippen LogP contribution in [-0.2, 0) is 13.7 Å². The first-order valence-electron chi connectivity index (χ1n) is 4.68. The van der Waals surface area contributed by atoms with E-state index in [0.717, 1.165) is 6.67 Å². The van der Waals surface area contributed by atoms with E-state index in [2.05, 4.69) is 10.6 Å². The maximum atomic E-state index is 8.65. The Hall–Kier alpha value is -1.57. The minimum absolute atomic E-state index is 0. The number of nitrogens with zero attached hydrogens (tertiary/aromatic N) is 4. The van der Waals surface area contributed by atoms with Crippen molar-refractivity contribution in [1.29, 1.82) is 5.26 Å². The van der Waals surface area contributed by atoms with Gasteiger partial charge in [0.15, 0.2) is 12.4 Å². The zero-order valence-corrected chi connectivity index (χ0v) is 10.8. The van der Waals surface area contributed by atoms with Crippen molar-refractivity contribution in [2.24, 2.45) is 7.05 Å². The van der Waals surface area contributed by atoms with Crippen LogP contribution >= 0.6 is 0 Å². The third-order valence-corrected chi connectivity index (χ3v) is 2.17. The summed E-state index contributed by atoms with van der Waals surface area (Å²) in [6.07, 6.45) is 9.80. The second-order valence-corrected chi connectivity index (χ2v) is 3.45. The van der Waals surface area contributed by atoms with E-state index in [0.29, 0.717) is 5.56 Å². The standard InChI is InChI=1S/C11H12N4.2ClH/c1-13-6-7-15(9-13)10-14-4-2-11(8-12)3-5-14;;/h2-7,9H,10H2,1H3;2*1H/q+2;;/p-2. The molecule has 0 fully saturated rings. The van der Waals surface area contributed by atoms with Crippen molar-refractivity contribution < 1.29 is 33.9 Å². The van der Waals surface area contributed by atoms with E-state index in [-0.39, 0.29) is 24.8 Å². The largest absolute Gasteiger partial charge is 1.00 e. The van der Waals surface area contributed by atoms with Gasteiger partial charge < -0.3 is 24.8 Å². The average Bonchev–Trinajstić information content (AvgIpc) is 2.65. The van der Waals surface area contributed by atoms with Gasteiger partial charge >= 0.3 is 0 Å². The number of rotatable bonds is 2. The third-order valence-electron chi connectivity index (χ3n) is 2.17. The first-order valence-corrected chi connectivity index (χ1v) is 4.68. The molecule has 0 spiro atoms. The number of nitriles is 1. The molecular formula is C11H12Cl2N4. The zero-order chi connectivity index (χ0) is 10.7. The van der Waals surface area contributed by atoms with Crippen LogP contribution in [0.2, 0.25) is 0 Å². The van der Waals surface area contributed by atoms with Crippen molar-refractivity contribution in [3.8, 4) is 6.07 Å². The van der Waals surface area contributed by atoms with Gasteiger partial charge in [0.1, 0.15) is 12.4 Å². The first-order chi connectivity index (χ1) is 7.28. The Morgan fingerprint density at radius 2 is 1.88 bits per heavy atom. The second kappa shape index (κ2) is 6.89. The number of aryl methyl sites for hydroxylation is 1. The van der Waals surface area contributed by atoms with Crippen molar-refractivity contribution in [2.45, 2.75) is 6.67 Å². The predicted octanol–water partition coefficient (Wildman–Crippen LogP) is -6.01. The summed E-state index contributed by atoms with van der Waals surface area (Å²) in [5.41, 5.74) is 0.685. The number of pyridine rings is 1. The lowest BCUT2D eigenvalue weighted by Crippen LogP contribution is -3.00. The van der Waals surface area contributed by atoms with E-state index < -0.39 is 0 Å². The fraction of sp³-hybridized carbons (Fsp3) is 0.182. The Morgan fingerprint density at radius 3 is 2.35 bits per heavy atom. The van der Waals surface area contributed by atoms with Gasteiger partial charge in [-0.05, 0) is 0 Å². The molecule has 0 unspecified atom stereocenters. The van der Waals surface area contributed by atoms with Crippen LogP contribution in [0.1, 0.15) is 5.56 Å². The molecule has 90 valence electrons. The van der Waals surface area contributed by atoms with Crippen LogP contribution < -0.4 is 33.9 Å². The lowest BCUT2D eigenvalue weighted by atomic mass is 10.3. The molecule has 0 aliphatic rings. The van der Waals surface area contributed by atoms with Crippen LogP contribution in [0.5, 0.6) is 0 Å². The van der Waals surface area contributed by atoms with Gasteiger partial charge in [0.05, 0.1) is 18.7 Å². The molecule has 0 atom stereocenters. The quantitative estimate of drug-likeness (QED) is 0.501. The molecule has 0 radical (unpaired) electrons. The van der Waals surface area contributed by atoms with E-state index in [1.165, 1.54) is 0 Å². The fourth-order valence-corrected chi connectivity index (χ4v) is 1.40. The van der Waals surface area contributed by atoms with Crippen LogP contribution in [0.4, 0.5) is 0 Å². The Balaban J connectivity index is 0.00000128. The highest BCUT2D eigenvalue weighted by molar-refractivity contribution is 5.23. The van der Waals surface area contributed by atoms with Gasteiger partial charge in [-0.2, -0.15) is 14.4 Å².